The van der Waals surface area contributed by atoms with Crippen molar-refractivity contribution >= 4 is 38.3 Å². The van der Waals surface area contributed by atoms with E-state index >= 15 is 0 Å². The number of nitrogens with zero attached hydrogens (tertiary/aromatic N) is 5. The molecule has 11 nitrogen and oxygen atoms in total. The first-order valence-corrected chi connectivity index (χ1v) is 14.8. The number of aromatic amines is 1. The van der Waals surface area contributed by atoms with E-state index in [1.165, 1.54) is 37.6 Å². The summed E-state index contributed by atoms with van der Waals surface area (Å²) in [4.78, 5) is 25.7. The standard InChI is InChI=1S/C29H25F4N7O4S/c1-3-23(41)26-25-21(38-39-26)13-20(18-12-19(30)24(42)11-16(18)14-29(31,32)33)37-27(25)36-15-22-28(35-10-9-34-22)40(2)45(43,44)17-7-5-4-6-8-17/h4-13,42H,3,14-15H2,1-2H3,(H,36,37)(H,38,39). The second kappa shape index (κ2) is 12.1. The van der Waals surface area contributed by atoms with Crippen LogP contribution in [0.1, 0.15) is 35.1 Å². The fraction of sp³-hybridized carbons (Fsp3) is 0.207. The van der Waals surface area contributed by atoms with Crippen LogP contribution in [-0.4, -0.2) is 57.7 Å². The van der Waals surface area contributed by atoms with Gasteiger partial charge in [0.25, 0.3) is 10.0 Å². The number of rotatable bonds is 10. The maximum atomic E-state index is 14.4. The van der Waals surface area contributed by atoms with Crippen LogP contribution in [0, 0.1) is 5.82 Å². The van der Waals surface area contributed by atoms with Gasteiger partial charge in [0.1, 0.15) is 17.2 Å². The molecule has 0 fully saturated rings. The van der Waals surface area contributed by atoms with Crippen LogP contribution in [-0.2, 0) is 23.0 Å². The number of carbonyl (C=O) groups is 1. The van der Waals surface area contributed by atoms with Gasteiger partial charge in [-0.15, -0.1) is 0 Å². The average molecular weight is 644 g/mol. The maximum Gasteiger partial charge on any atom is 0.393 e. The van der Waals surface area contributed by atoms with Crippen molar-refractivity contribution in [3.05, 3.63) is 83.7 Å². The highest BCUT2D eigenvalue weighted by molar-refractivity contribution is 7.92. The summed E-state index contributed by atoms with van der Waals surface area (Å²) < 4.78 is 82.2. The minimum Gasteiger partial charge on any atom is -0.505 e. The number of fused-ring (bicyclic) bond motifs is 1. The molecule has 0 aliphatic rings. The van der Waals surface area contributed by atoms with Gasteiger partial charge in [0, 0.05) is 31.4 Å². The van der Waals surface area contributed by atoms with E-state index in [0.29, 0.717) is 6.07 Å². The van der Waals surface area contributed by atoms with E-state index in [4.69, 9.17) is 0 Å². The number of H-pyrrole nitrogens is 1. The highest BCUT2D eigenvalue weighted by Crippen LogP contribution is 2.36. The van der Waals surface area contributed by atoms with Crippen LogP contribution in [0.2, 0.25) is 0 Å². The Kier molecular flexibility index (Phi) is 8.42. The molecule has 5 rings (SSSR count). The molecule has 16 heteroatoms. The Balaban J connectivity index is 1.60. The van der Waals surface area contributed by atoms with Crippen LogP contribution in [0.5, 0.6) is 5.75 Å². The number of aromatic nitrogens is 5. The van der Waals surface area contributed by atoms with Gasteiger partial charge in [-0.25, -0.2) is 22.8 Å². The normalized spacial score (nSPS) is 12.0. The predicted molar refractivity (Wildman–Crippen MR) is 157 cm³/mol. The summed E-state index contributed by atoms with van der Waals surface area (Å²) in [5.74, 6) is -2.53. The molecule has 0 atom stereocenters. The minimum absolute atomic E-state index is 0.00425. The number of nitrogens with one attached hydrogen (secondary N) is 2. The van der Waals surface area contributed by atoms with E-state index in [9.17, 15) is 35.9 Å². The van der Waals surface area contributed by atoms with E-state index in [1.807, 2.05) is 0 Å². The third-order valence-corrected chi connectivity index (χ3v) is 8.61. The van der Waals surface area contributed by atoms with E-state index < -0.39 is 39.8 Å². The van der Waals surface area contributed by atoms with Gasteiger partial charge in [-0.2, -0.15) is 18.3 Å². The van der Waals surface area contributed by atoms with Crippen molar-refractivity contribution in [3.8, 4) is 17.0 Å². The van der Waals surface area contributed by atoms with Crippen LogP contribution >= 0.6 is 0 Å². The molecule has 2 aromatic carbocycles. The number of anilines is 2. The number of halogens is 4. The second-order valence-electron chi connectivity index (χ2n) is 9.85. The summed E-state index contributed by atoms with van der Waals surface area (Å²) in [6.07, 6.45) is -3.44. The van der Waals surface area contributed by atoms with Gasteiger partial charge < -0.3 is 10.4 Å². The van der Waals surface area contributed by atoms with Gasteiger partial charge in [-0.05, 0) is 35.9 Å². The smallest absolute Gasteiger partial charge is 0.393 e. The number of phenols is 1. The number of aromatic hydroxyl groups is 1. The number of hydrogen-bond donors (Lipinski definition) is 3. The molecule has 0 spiro atoms. The maximum absolute atomic E-state index is 14.4. The molecule has 0 aliphatic carbocycles. The van der Waals surface area contributed by atoms with E-state index in [-0.39, 0.29) is 68.8 Å². The van der Waals surface area contributed by atoms with E-state index in [0.717, 1.165) is 10.4 Å². The Morgan fingerprint density at radius 1 is 1.09 bits per heavy atom. The second-order valence-corrected chi connectivity index (χ2v) is 11.8. The monoisotopic (exact) mass is 643 g/mol. The van der Waals surface area contributed by atoms with Crippen LogP contribution in [0.4, 0.5) is 29.2 Å². The van der Waals surface area contributed by atoms with E-state index in [1.54, 1.807) is 25.1 Å². The molecule has 0 bridgehead atoms. The first-order valence-electron chi connectivity index (χ1n) is 13.4. The van der Waals surface area contributed by atoms with Gasteiger partial charge in [0.2, 0.25) is 0 Å². The Morgan fingerprint density at radius 2 is 1.80 bits per heavy atom. The topological polar surface area (TPSA) is 154 Å². The molecule has 3 heterocycles. The fourth-order valence-electron chi connectivity index (χ4n) is 4.66. The molecule has 3 aromatic heterocycles. The highest BCUT2D eigenvalue weighted by Gasteiger charge is 2.31. The Morgan fingerprint density at radius 3 is 2.49 bits per heavy atom. The largest absolute Gasteiger partial charge is 0.505 e. The van der Waals surface area contributed by atoms with Crippen LogP contribution in [0.15, 0.2) is 65.8 Å². The molecular weight excluding hydrogens is 618 g/mol. The molecule has 0 unspecified atom stereocenters. The molecule has 5 aromatic rings. The number of hydrogen-bond acceptors (Lipinski definition) is 9. The molecule has 45 heavy (non-hydrogen) atoms. The Bertz CT molecular complexity index is 2000. The number of benzene rings is 2. The zero-order valence-corrected chi connectivity index (χ0v) is 24.5. The molecular formula is C29H25F4N7O4S. The van der Waals surface area contributed by atoms with Crippen molar-refractivity contribution in [3.63, 3.8) is 0 Å². The first-order chi connectivity index (χ1) is 21.3. The average Bonchev–Trinajstić information content (AvgIpc) is 3.45. The van der Waals surface area contributed by atoms with Crippen molar-refractivity contribution in [2.75, 3.05) is 16.7 Å². The lowest BCUT2D eigenvalue weighted by Crippen LogP contribution is -2.29. The van der Waals surface area contributed by atoms with Crippen LogP contribution in [0.3, 0.4) is 0 Å². The third-order valence-electron chi connectivity index (χ3n) is 6.84. The molecule has 0 radical (unpaired) electrons. The SMILES string of the molecule is CCC(=O)c1n[nH]c2cc(-c3cc(F)c(O)cc3CC(F)(F)F)nc(NCc3nccnc3N(C)S(=O)(=O)c3ccccc3)c12. The number of carbonyl (C=O) groups excluding carboxylic acids is 1. The number of ketones is 1. The van der Waals surface area contributed by atoms with Crippen molar-refractivity contribution in [2.24, 2.45) is 0 Å². The number of Topliss-reactive ketones (excluding diaryl/α,β-unsaturated/α-hetero) is 1. The van der Waals surface area contributed by atoms with Crippen LogP contribution < -0.4 is 9.62 Å². The quantitative estimate of drug-likeness (QED) is 0.134. The van der Waals surface area contributed by atoms with Crippen LogP contribution in [0.25, 0.3) is 22.2 Å². The zero-order valence-electron chi connectivity index (χ0n) is 23.7. The van der Waals surface area contributed by atoms with Gasteiger partial charge in [-0.3, -0.25) is 19.2 Å². The lowest BCUT2D eigenvalue weighted by atomic mass is 9.99. The molecule has 0 amide bonds. The summed E-state index contributed by atoms with van der Waals surface area (Å²) in [5, 5.41) is 19.8. The number of sulfonamides is 1. The predicted octanol–water partition coefficient (Wildman–Crippen LogP) is 5.39. The van der Waals surface area contributed by atoms with Crippen molar-refractivity contribution in [1.82, 2.24) is 25.1 Å². The zero-order chi connectivity index (χ0) is 32.5. The highest BCUT2D eigenvalue weighted by atomic mass is 32.2. The Labute approximate surface area is 254 Å². The summed E-state index contributed by atoms with van der Waals surface area (Å²) in [5.41, 5.74) is -0.448. The number of phenolic OH excluding ortho intramolecular Hbond substituents is 1. The molecule has 0 aliphatic heterocycles. The molecule has 3 N–H and O–H groups in total. The lowest BCUT2D eigenvalue weighted by Gasteiger charge is -2.21. The molecule has 234 valence electrons. The van der Waals surface area contributed by atoms with Crippen molar-refractivity contribution < 1.29 is 35.9 Å². The van der Waals surface area contributed by atoms with Gasteiger partial charge in [0.15, 0.2) is 23.2 Å². The molecule has 0 saturated heterocycles. The first kappa shape index (κ1) is 31.3. The third kappa shape index (κ3) is 6.40. The van der Waals surface area contributed by atoms with E-state index in [2.05, 4.69) is 30.5 Å². The summed E-state index contributed by atoms with van der Waals surface area (Å²) >= 11 is 0. The van der Waals surface area contributed by atoms with Crippen molar-refractivity contribution in [2.45, 2.75) is 37.4 Å². The van der Waals surface area contributed by atoms with Crippen molar-refractivity contribution in [1.29, 1.82) is 0 Å². The summed E-state index contributed by atoms with van der Waals surface area (Å²) in [6, 6.07) is 10.4. The van der Waals surface area contributed by atoms with Gasteiger partial charge >= 0.3 is 6.18 Å². The van der Waals surface area contributed by atoms with Gasteiger partial charge in [-0.1, -0.05) is 25.1 Å². The summed E-state index contributed by atoms with van der Waals surface area (Å²) in [7, 11) is -2.73. The number of alkyl halides is 3. The Hall–Kier alpha value is -5.12. The lowest BCUT2D eigenvalue weighted by molar-refractivity contribution is -0.127. The number of pyridine rings is 1. The minimum atomic E-state index is -4.69. The molecule has 0 saturated carbocycles. The fourth-order valence-corrected chi connectivity index (χ4v) is 5.86. The van der Waals surface area contributed by atoms with Gasteiger partial charge in [0.05, 0.1) is 34.5 Å². The summed E-state index contributed by atoms with van der Waals surface area (Å²) in [6.45, 7) is 1.42.